The highest BCUT2D eigenvalue weighted by molar-refractivity contribution is 5.75. The summed E-state index contributed by atoms with van der Waals surface area (Å²) in [6.07, 6.45) is 4.61. The Balaban J connectivity index is 1.37. The average Bonchev–Trinajstić information content (AvgIpc) is 3.17. The number of likely N-dealkylation sites (tertiary alicyclic amines) is 2. The highest BCUT2D eigenvalue weighted by Gasteiger charge is 2.31. The summed E-state index contributed by atoms with van der Waals surface area (Å²) in [4.78, 5) is 17.4. The van der Waals surface area contributed by atoms with Gasteiger partial charge in [0, 0.05) is 25.7 Å². The van der Waals surface area contributed by atoms with E-state index in [0.717, 1.165) is 62.0 Å². The van der Waals surface area contributed by atoms with Crippen molar-refractivity contribution >= 4 is 6.03 Å². The van der Waals surface area contributed by atoms with Crippen molar-refractivity contribution in [2.75, 3.05) is 39.4 Å². The quantitative estimate of drug-likeness (QED) is 0.860. The third-order valence-electron chi connectivity index (χ3n) is 6.11. The van der Waals surface area contributed by atoms with Gasteiger partial charge in [0.15, 0.2) is 11.5 Å². The monoisotopic (exact) mass is 387 g/mol. The third kappa shape index (κ3) is 4.37. The number of piperidine rings is 1. The molecule has 28 heavy (non-hydrogen) atoms. The molecule has 0 aromatic heterocycles. The van der Waals surface area contributed by atoms with E-state index in [4.69, 9.17) is 9.47 Å². The number of rotatable bonds is 4. The number of benzene rings is 1. The topological polar surface area (TPSA) is 54.0 Å². The predicted octanol–water partition coefficient (Wildman–Crippen LogP) is 3.42. The minimum atomic E-state index is 0.0509. The predicted molar refractivity (Wildman–Crippen MR) is 109 cm³/mol. The van der Waals surface area contributed by atoms with Crippen molar-refractivity contribution in [1.82, 2.24) is 15.1 Å². The molecule has 0 bridgehead atoms. The molecule has 6 heteroatoms. The minimum absolute atomic E-state index is 0.0509. The molecule has 0 radical (unpaired) electrons. The number of carbonyl (C=O) groups is 1. The molecular formula is C22H33N3O3. The van der Waals surface area contributed by atoms with Gasteiger partial charge in [-0.1, -0.05) is 13.0 Å². The van der Waals surface area contributed by atoms with Gasteiger partial charge in [-0.25, -0.2) is 4.79 Å². The lowest BCUT2D eigenvalue weighted by Gasteiger charge is -2.34. The molecule has 3 atom stereocenters. The molecule has 1 aromatic rings. The Kier molecular flexibility index (Phi) is 5.95. The second kappa shape index (κ2) is 8.60. The molecule has 154 valence electrons. The van der Waals surface area contributed by atoms with Crippen LogP contribution in [0.1, 0.15) is 51.1 Å². The Morgan fingerprint density at radius 1 is 1.18 bits per heavy atom. The first-order chi connectivity index (χ1) is 13.6. The zero-order chi connectivity index (χ0) is 19.5. The summed E-state index contributed by atoms with van der Waals surface area (Å²) < 4.78 is 11.4. The van der Waals surface area contributed by atoms with Crippen LogP contribution in [0.4, 0.5) is 4.79 Å². The van der Waals surface area contributed by atoms with Gasteiger partial charge in [0.1, 0.15) is 13.2 Å². The molecule has 1 aromatic carbocycles. The number of fused-ring (bicyclic) bond motifs is 1. The van der Waals surface area contributed by atoms with E-state index in [2.05, 4.69) is 30.1 Å². The molecule has 3 heterocycles. The van der Waals surface area contributed by atoms with Gasteiger partial charge in [-0.2, -0.15) is 0 Å². The van der Waals surface area contributed by atoms with Crippen molar-refractivity contribution in [3.8, 4) is 11.5 Å². The zero-order valence-electron chi connectivity index (χ0n) is 17.2. The van der Waals surface area contributed by atoms with Crippen molar-refractivity contribution in [2.24, 2.45) is 5.92 Å². The second-order valence-corrected chi connectivity index (χ2v) is 8.61. The summed E-state index contributed by atoms with van der Waals surface area (Å²) in [6.45, 7) is 9.63. The van der Waals surface area contributed by atoms with Crippen LogP contribution in [0, 0.1) is 5.92 Å². The molecular weight excluding hydrogens is 354 g/mol. The van der Waals surface area contributed by atoms with Crippen LogP contribution < -0.4 is 14.8 Å². The molecule has 0 saturated carbocycles. The summed E-state index contributed by atoms with van der Waals surface area (Å²) in [7, 11) is 0. The molecule has 4 rings (SSSR count). The summed E-state index contributed by atoms with van der Waals surface area (Å²) in [5.41, 5.74) is 1.13. The Morgan fingerprint density at radius 2 is 1.96 bits per heavy atom. The summed E-state index contributed by atoms with van der Waals surface area (Å²) in [5, 5.41) is 3.24. The van der Waals surface area contributed by atoms with Crippen LogP contribution in [0.25, 0.3) is 0 Å². The van der Waals surface area contributed by atoms with Crippen LogP contribution in [-0.4, -0.2) is 61.3 Å². The average molecular weight is 388 g/mol. The van der Waals surface area contributed by atoms with E-state index in [0.29, 0.717) is 13.2 Å². The Morgan fingerprint density at radius 3 is 2.79 bits per heavy atom. The Hall–Kier alpha value is -1.95. The van der Waals surface area contributed by atoms with Crippen LogP contribution in [0.5, 0.6) is 11.5 Å². The number of hydrogen-bond acceptors (Lipinski definition) is 4. The Labute approximate surface area is 168 Å². The van der Waals surface area contributed by atoms with Crippen molar-refractivity contribution in [2.45, 2.75) is 51.6 Å². The normalized spacial score (nSPS) is 26.1. The molecule has 1 N–H and O–H groups in total. The van der Waals surface area contributed by atoms with Gasteiger partial charge in [0.05, 0.1) is 6.04 Å². The maximum Gasteiger partial charge on any atom is 0.318 e. The zero-order valence-corrected chi connectivity index (χ0v) is 17.2. The van der Waals surface area contributed by atoms with Gasteiger partial charge in [0.25, 0.3) is 0 Å². The maximum absolute atomic E-state index is 13.0. The van der Waals surface area contributed by atoms with Gasteiger partial charge in [-0.15, -0.1) is 0 Å². The maximum atomic E-state index is 13.0. The molecule has 3 aliphatic rings. The van der Waals surface area contributed by atoms with Crippen molar-refractivity contribution < 1.29 is 14.3 Å². The van der Waals surface area contributed by atoms with E-state index in [1.54, 1.807) is 0 Å². The number of hydrogen-bond donors (Lipinski definition) is 1. The molecule has 0 spiro atoms. The van der Waals surface area contributed by atoms with Crippen molar-refractivity contribution in [1.29, 1.82) is 0 Å². The van der Waals surface area contributed by atoms with Crippen LogP contribution in [0.2, 0.25) is 0 Å². The Bertz CT molecular complexity index is 696. The van der Waals surface area contributed by atoms with Crippen LogP contribution >= 0.6 is 0 Å². The second-order valence-electron chi connectivity index (χ2n) is 8.61. The summed E-state index contributed by atoms with van der Waals surface area (Å²) in [5.74, 6) is 2.35. The number of amides is 2. The molecule has 2 saturated heterocycles. The highest BCUT2D eigenvalue weighted by Crippen LogP contribution is 2.38. The smallest absolute Gasteiger partial charge is 0.318 e. The first-order valence-electron chi connectivity index (χ1n) is 10.8. The minimum Gasteiger partial charge on any atom is -0.486 e. The van der Waals surface area contributed by atoms with Crippen LogP contribution in [-0.2, 0) is 0 Å². The van der Waals surface area contributed by atoms with Gasteiger partial charge in [0.2, 0.25) is 0 Å². The highest BCUT2D eigenvalue weighted by atomic mass is 16.6. The summed E-state index contributed by atoms with van der Waals surface area (Å²) in [6, 6.07) is 6.40. The lowest BCUT2D eigenvalue weighted by atomic mass is 10.00. The summed E-state index contributed by atoms with van der Waals surface area (Å²) >= 11 is 0. The van der Waals surface area contributed by atoms with Gasteiger partial charge in [-0.3, -0.25) is 0 Å². The van der Waals surface area contributed by atoms with Crippen LogP contribution in [0.3, 0.4) is 0 Å². The van der Waals surface area contributed by atoms with E-state index in [1.807, 2.05) is 17.0 Å². The van der Waals surface area contributed by atoms with E-state index >= 15 is 0 Å². The number of urea groups is 1. The van der Waals surface area contributed by atoms with E-state index in [-0.39, 0.29) is 18.1 Å². The number of carbonyl (C=O) groups excluding carboxylic acids is 1. The van der Waals surface area contributed by atoms with E-state index in [9.17, 15) is 4.79 Å². The standard InChI is InChI=1S/C22H33N3O3/c1-16-5-3-9-24(14-16)15-17(2)23-22(26)25-10-4-6-19(25)18-7-8-20-21(13-18)28-12-11-27-20/h7-8,13,16-17,19H,3-6,9-12,14-15H2,1-2H3,(H,23,26). The molecule has 6 nitrogen and oxygen atoms in total. The first kappa shape index (κ1) is 19.4. The fourth-order valence-electron chi connectivity index (χ4n) is 4.80. The number of nitrogens with zero attached hydrogens (tertiary/aromatic N) is 2. The van der Waals surface area contributed by atoms with Gasteiger partial charge in [-0.05, 0) is 62.8 Å². The first-order valence-corrected chi connectivity index (χ1v) is 10.8. The largest absolute Gasteiger partial charge is 0.486 e. The van der Waals surface area contributed by atoms with Crippen molar-refractivity contribution in [3.05, 3.63) is 23.8 Å². The van der Waals surface area contributed by atoms with Gasteiger partial charge < -0.3 is 24.6 Å². The van der Waals surface area contributed by atoms with E-state index < -0.39 is 0 Å². The lowest BCUT2D eigenvalue weighted by molar-refractivity contribution is 0.159. The van der Waals surface area contributed by atoms with Crippen molar-refractivity contribution in [3.63, 3.8) is 0 Å². The molecule has 2 fully saturated rings. The van der Waals surface area contributed by atoms with Gasteiger partial charge >= 0.3 is 6.03 Å². The molecule has 3 unspecified atom stereocenters. The SMILES string of the molecule is CC1CCCN(CC(C)NC(=O)N2CCCC2c2ccc3c(c2)OCCO3)C1. The number of ether oxygens (including phenoxy) is 2. The molecule has 3 aliphatic heterocycles. The fraction of sp³-hybridized carbons (Fsp3) is 0.682. The fourth-order valence-corrected chi connectivity index (χ4v) is 4.80. The van der Waals surface area contributed by atoms with E-state index in [1.165, 1.54) is 12.8 Å². The van der Waals surface area contributed by atoms with Crippen LogP contribution in [0.15, 0.2) is 18.2 Å². The number of nitrogens with one attached hydrogen (secondary N) is 1. The molecule has 2 amide bonds. The molecule has 0 aliphatic carbocycles. The third-order valence-corrected chi connectivity index (χ3v) is 6.11. The lowest BCUT2D eigenvalue weighted by Crippen LogP contribution is -2.49.